The van der Waals surface area contributed by atoms with E-state index < -0.39 is 9.84 Å². The maximum Gasteiger partial charge on any atom is 0.180 e. The van der Waals surface area contributed by atoms with Gasteiger partial charge in [-0.15, -0.1) is 0 Å². The van der Waals surface area contributed by atoms with Crippen molar-refractivity contribution in [1.82, 2.24) is 4.98 Å². The number of aromatic nitrogens is 1. The van der Waals surface area contributed by atoms with Crippen molar-refractivity contribution in [1.29, 1.82) is 0 Å². The molecule has 4 heteroatoms. The fourth-order valence-electron chi connectivity index (χ4n) is 1.83. The van der Waals surface area contributed by atoms with E-state index in [4.69, 9.17) is 0 Å². The summed E-state index contributed by atoms with van der Waals surface area (Å²) in [6.07, 6.45) is 1.49. The number of fused-ring (bicyclic) bond motifs is 1. The maximum absolute atomic E-state index is 11.7. The van der Waals surface area contributed by atoms with Gasteiger partial charge < -0.3 is 0 Å². The van der Waals surface area contributed by atoms with Crippen LogP contribution in [0, 0.1) is 0 Å². The van der Waals surface area contributed by atoms with Gasteiger partial charge in [0.1, 0.15) is 0 Å². The second-order valence-corrected chi connectivity index (χ2v) is 6.34. The fourth-order valence-corrected chi connectivity index (χ4v) is 3.36. The van der Waals surface area contributed by atoms with Crippen LogP contribution in [0.5, 0.6) is 0 Å². The van der Waals surface area contributed by atoms with Gasteiger partial charge in [0.15, 0.2) is 9.84 Å². The monoisotopic (exact) mass is 225 g/mol. The van der Waals surface area contributed by atoms with Crippen LogP contribution in [0.2, 0.25) is 0 Å². The zero-order chi connectivity index (χ0) is 11.1. The molecule has 0 unspecified atom stereocenters. The van der Waals surface area contributed by atoms with Crippen molar-refractivity contribution in [2.75, 3.05) is 5.75 Å². The largest absolute Gasteiger partial charge is 0.256 e. The molecule has 2 rings (SSSR count). The summed E-state index contributed by atoms with van der Waals surface area (Å²) in [6.45, 7) is 4.12. The van der Waals surface area contributed by atoms with E-state index in [0.717, 1.165) is 17.8 Å². The molecular weight excluding hydrogens is 210 g/mol. The van der Waals surface area contributed by atoms with Crippen LogP contribution in [0.25, 0.3) is 0 Å². The van der Waals surface area contributed by atoms with Gasteiger partial charge >= 0.3 is 0 Å². The van der Waals surface area contributed by atoms with Crippen molar-refractivity contribution in [3.8, 4) is 0 Å². The van der Waals surface area contributed by atoms with Crippen molar-refractivity contribution in [2.24, 2.45) is 0 Å². The topological polar surface area (TPSA) is 47.0 Å². The van der Waals surface area contributed by atoms with Crippen LogP contribution in [-0.2, 0) is 16.3 Å². The Labute approximate surface area is 90.5 Å². The Bertz CT molecular complexity index is 477. The predicted octanol–water partition coefficient (Wildman–Crippen LogP) is 1.92. The third-order valence-corrected chi connectivity index (χ3v) is 4.58. The van der Waals surface area contributed by atoms with Crippen molar-refractivity contribution >= 4 is 9.84 Å². The molecule has 2 heterocycles. The highest BCUT2D eigenvalue weighted by Gasteiger charge is 2.24. The maximum atomic E-state index is 11.7. The van der Waals surface area contributed by atoms with Crippen LogP contribution in [-0.4, -0.2) is 19.2 Å². The van der Waals surface area contributed by atoms with Crippen LogP contribution in [0.4, 0.5) is 0 Å². The molecule has 15 heavy (non-hydrogen) atoms. The highest BCUT2D eigenvalue weighted by atomic mass is 32.2. The van der Waals surface area contributed by atoms with Gasteiger partial charge in [-0.05, 0) is 30.9 Å². The fraction of sp³-hybridized carbons (Fsp3) is 0.545. The van der Waals surface area contributed by atoms with Crippen molar-refractivity contribution in [2.45, 2.75) is 37.5 Å². The molecule has 1 aromatic heterocycles. The molecule has 0 radical (unpaired) electrons. The molecule has 0 bridgehead atoms. The third-order valence-electron chi connectivity index (χ3n) is 2.71. The lowest BCUT2D eigenvalue weighted by Crippen LogP contribution is -2.18. The average molecular weight is 225 g/mol. The molecule has 0 saturated carbocycles. The first-order chi connectivity index (χ1) is 7.00. The average Bonchev–Trinajstić information content (AvgIpc) is 2.16. The Morgan fingerprint density at radius 3 is 2.73 bits per heavy atom. The van der Waals surface area contributed by atoms with Crippen LogP contribution < -0.4 is 0 Å². The molecule has 1 aromatic rings. The van der Waals surface area contributed by atoms with Crippen LogP contribution >= 0.6 is 0 Å². The summed E-state index contributed by atoms with van der Waals surface area (Å²) in [5.41, 5.74) is 1.73. The number of nitrogens with zero attached hydrogens (tertiary/aromatic N) is 1. The van der Waals surface area contributed by atoms with E-state index in [0.29, 0.717) is 17.2 Å². The molecule has 3 nitrogen and oxygen atoms in total. The standard InChI is InChI=1S/C11H15NO2S/c1-8(2)9-5-6-11-10(12-9)4-3-7-15(11,13)14/h5-6,8H,3-4,7H2,1-2H3. The predicted molar refractivity (Wildman–Crippen MR) is 58.7 cm³/mol. The summed E-state index contributed by atoms with van der Waals surface area (Å²) in [6, 6.07) is 3.54. The molecule has 0 aromatic carbocycles. The van der Waals surface area contributed by atoms with E-state index in [2.05, 4.69) is 18.8 Å². The lowest BCUT2D eigenvalue weighted by atomic mass is 10.1. The van der Waals surface area contributed by atoms with E-state index in [9.17, 15) is 8.42 Å². The van der Waals surface area contributed by atoms with Crippen molar-refractivity contribution in [3.05, 3.63) is 23.5 Å². The molecule has 82 valence electrons. The summed E-state index contributed by atoms with van der Waals surface area (Å²) in [5.74, 6) is 0.614. The number of hydrogen-bond donors (Lipinski definition) is 0. The summed E-state index contributed by atoms with van der Waals surface area (Å²) < 4.78 is 23.4. The SMILES string of the molecule is CC(C)c1ccc2c(n1)CCCS2(=O)=O. The minimum absolute atomic E-state index is 0.267. The van der Waals surface area contributed by atoms with Gasteiger partial charge in [0.25, 0.3) is 0 Å². The minimum atomic E-state index is -3.05. The number of aryl methyl sites for hydroxylation is 1. The van der Waals surface area contributed by atoms with Gasteiger partial charge in [-0.1, -0.05) is 13.8 Å². The Hall–Kier alpha value is -0.900. The van der Waals surface area contributed by atoms with E-state index in [1.54, 1.807) is 6.07 Å². The lowest BCUT2D eigenvalue weighted by molar-refractivity contribution is 0.583. The minimum Gasteiger partial charge on any atom is -0.256 e. The number of sulfone groups is 1. The molecule has 0 atom stereocenters. The molecule has 0 fully saturated rings. The molecule has 0 saturated heterocycles. The molecule has 0 amide bonds. The van der Waals surface area contributed by atoms with E-state index in [-0.39, 0.29) is 5.75 Å². The van der Waals surface area contributed by atoms with Gasteiger partial charge in [-0.3, -0.25) is 4.98 Å². The smallest absolute Gasteiger partial charge is 0.180 e. The Morgan fingerprint density at radius 1 is 1.33 bits per heavy atom. The Balaban J connectivity index is 2.55. The zero-order valence-electron chi connectivity index (χ0n) is 9.03. The summed E-state index contributed by atoms with van der Waals surface area (Å²) in [5, 5.41) is 0. The first-order valence-corrected chi connectivity index (χ1v) is 6.88. The molecule has 1 aliphatic heterocycles. The van der Waals surface area contributed by atoms with E-state index in [1.165, 1.54) is 0 Å². The number of rotatable bonds is 1. The van der Waals surface area contributed by atoms with Gasteiger partial charge in [0.05, 0.1) is 16.3 Å². The van der Waals surface area contributed by atoms with Gasteiger partial charge in [0, 0.05) is 5.69 Å². The summed E-state index contributed by atoms with van der Waals surface area (Å²) in [7, 11) is -3.05. The van der Waals surface area contributed by atoms with Crippen LogP contribution in [0.3, 0.4) is 0 Å². The molecule has 0 spiro atoms. The summed E-state index contributed by atoms with van der Waals surface area (Å²) >= 11 is 0. The highest BCUT2D eigenvalue weighted by Crippen LogP contribution is 2.25. The second-order valence-electron chi connectivity index (χ2n) is 4.26. The van der Waals surface area contributed by atoms with Gasteiger partial charge in [0.2, 0.25) is 0 Å². The highest BCUT2D eigenvalue weighted by molar-refractivity contribution is 7.91. The summed E-state index contributed by atoms with van der Waals surface area (Å²) in [4.78, 5) is 4.87. The molecule has 0 N–H and O–H groups in total. The van der Waals surface area contributed by atoms with Gasteiger partial charge in [-0.2, -0.15) is 0 Å². The normalized spacial score (nSPS) is 18.9. The van der Waals surface area contributed by atoms with E-state index in [1.807, 2.05) is 6.07 Å². The third kappa shape index (κ3) is 1.91. The van der Waals surface area contributed by atoms with Crippen LogP contribution in [0.15, 0.2) is 17.0 Å². The quantitative estimate of drug-likeness (QED) is 0.733. The number of hydrogen-bond acceptors (Lipinski definition) is 3. The number of pyridine rings is 1. The van der Waals surface area contributed by atoms with Crippen molar-refractivity contribution in [3.63, 3.8) is 0 Å². The van der Waals surface area contributed by atoms with Crippen LogP contribution in [0.1, 0.15) is 37.6 Å². The van der Waals surface area contributed by atoms with Crippen molar-refractivity contribution < 1.29 is 8.42 Å². The molecular formula is C11H15NO2S. The molecule has 1 aliphatic rings. The zero-order valence-corrected chi connectivity index (χ0v) is 9.84. The van der Waals surface area contributed by atoms with E-state index >= 15 is 0 Å². The first-order valence-electron chi connectivity index (χ1n) is 5.23. The molecule has 0 aliphatic carbocycles. The second kappa shape index (κ2) is 3.59. The lowest BCUT2D eigenvalue weighted by Gasteiger charge is -2.16. The Kier molecular flexibility index (Phi) is 2.54. The Morgan fingerprint density at radius 2 is 2.07 bits per heavy atom. The van der Waals surface area contributed by atoms with Gasteiger partial charge in [-0.25, -0.2) is 8.42 Å². The first kappa shape index (κ1) is 10.6.